The van der Waals surface area contributed by atoms with Crippen molar-refractivity contribution in [1.82, 2.24) is 19.4 Å². The average molecular weight is 384 g/mol. The third-order valence-electron chi connectivity index (χ3n) is 5.71. The largest absolute Gasteiger partial charge is 0.508 e. The third-order valence-corrected chi connectivity index (χ3v) is 5.71. The minimum Gasteiger partial charge on any atom is -0.508 e. The molecular formula is C21H28N4O3. The van der Waals surface area contributed by atoms with E-state index < -0.39 is 0 Å². The van der Waals surface area contributed by atoms with Crippen molar-refractivity contribution in [1.29, 1.82) is 0 Å². The average Bonchev–Trinajstić information content (AvgIpc) is 2.94. The van der Waals surface area contributed by atoms with Crippen LogP contribution >= 0.6 is 0 Å². The molecule has 0 radical (unpaired) electrons. The van der Waals surface area contributed by atoms with Crippen LogP contribution in [0.3, 0.4) is 0 Å². The number of fused-ring (bicyclic) bond motifs is 3. The van der Waals surface area contributed by atoms with Gasteiger partial charge in [0, 0.05) is 44.5 Å². The fourth-order valence-corrected chi connectivity index (χ4v) is 4.19. The van der Waals surface area contributed by atoms with Crippen LogP contribution in [0.1, 0.15) is 18.3 Å². The molecule has 0 spiro atoms. The Kier molecular flexibility index (Phi) is 5.64. The maximum Gasteiger partial charge on any atom is 0.227 e. The molecule has 0 saturated carbocycles. The SMILES string of the molecule is CCn1ccnc1CN1C[C@H]2COC[C@@H]1CN(C(=O)Cc1ccc(O)cc1)C2. The van der Waals surface area contributed by atoms with Crippen molar-refractivity contribution in [2.45, 2.75) is 32.5 Å². The molecule has 0 aliphatic carbocycles. The van der Waals surface area contributed by atoms with Crippen molar-refractivity contribution < 1.29 is 14.6 Å². The monoisotopic (exact) mass is 384 g/mol. The molecule has 4 rings (SSSR count). The second-order valence-corrected chi connectivity index (χ2v) is 7.76. The highest BCUT2D eigenvalue weighted by Crippen LogP contribution is 2.22. The van der Waals surface area contributed by atoms with Gasteiger partial charge in [-0.25, -0.2) is 4.98 Å². The van der Waals surface area contributed by atoms with Gasteiger partial charge in [-0.15, -0.1) is 0 Å². The van der Waals surface area contributed by atoms with Crippen LogP contribution in [-0.2, 0) is 29.0 Å². The highest BCUT2D eigenvalue weighted by Gasteiger charge is 2.35. The number of aromatic nitrogens is 2. The Morgan fingerprint density at radius 2 is 2.04 bits per heavy atom. The molecular weight excluding hydrogens is 356 g/mol. The summed E-state index contributed by atoms with van der Waals surface area (Å²) >= 11 is 0. The molecule has 2 bridgehead atoms. The van der Waals surface area contributed by atoms with Gasteiger partial charge in [-0.05, 0) is 24.6 Å². The number of aryl methyl sites for hydroxylation is 1. The first-order valence-corrected chi connectivity index (χ1v) is 10.00. The highest BCUT2D eigenvalue weighted by molar-refractivity contribution is 5.79. The molecule has 3 heterocycles. The van der Waals surface area contributed by atoms with E-state index in [1.54, 1.807) is 12.1 Å². The number of nitrogens with zero attached hydrogens (tertiary/aromatic N) is 4. The summed E-state index contributed by atoms with van der Waals surface area (Å²) in [6.45, 7) is 7.48. The Morgan fingerprint density at radius 1 is 1.21 bits per heavy atom. The van der Waals surface area contributed by atoms with Crippen molar-refractivity contribution in [2.24, 2.45) is 5.92 Å². The summed E-state index contributed by atoms with van der Waals surface area (Å²) in [4.78, 5) is 21.9. The van der Waals surface area contributed by atoms with Gasteiger partial charge >= 0.3 is 0 Å². The molecule has 2 aliphatic rings. The van der Waals surface area contributed by atoms with Crippen molar-refractivity contribution in [3.8, 4) is 5.75 Å². The number of carbonyl (C=O) groups excluding carboxylic acids is 1. The first-order valence-electron chi connectivity index (χ1n) is 10.00. The molecule has 1 aromatic heterocycles. The lowest BCUT2D eigenvalue weighted by Gasteiger charge is -2.31. The molecule has 28 heavy (non-hydrogen) atoms. The zero-order valence-electron chi connectivity index (χ0n) is 16.3. The van der Waals surface area contributed by atoms with Gasteiger partial charge < -0.3 is 19.3 Å². The van der Waals surface area contributed by atoms with E-state index in [2.05, 4.69) is 21.4 Å². The van der Waals surface area contributed by atoms with Crippen molar-refractivity contribution in [3.05, 3.63) is 48.0 Å². The number of carbonyl (C=O) groups is 1. The molecule has 7 heteroatoms. The van der Waals surface area contributed by atoms with Crippen LogP contribution in [0.4, 0.5) is 0 Å². The summed E-state index contributed by atoms with van der Waals surface area (Å²) in [5.41, 5.74) is 0.926. The van der Waals surface area contributed by atoms with Gasteiger partial charge in [0.15, 0.2) is 0 Å². The minimum atomic E-state index is 0.138. The van der Waals surface area contributed by atoms with Crippen LogP contribution in [0.2, 0.25) is 0 Å². The number of imidazole rings is 1. The van der Waals surface area contributed by atoms with Crippen LogP contribution in [0.15, 0.2) is 36.7 Å². The van der Waals surface area contributed by atoms with Crippen LogP contribution in [0.25, 0.3) is 0 Å². The maximum atomic E-state index is 12.9. The van der Waals surface area contributed by atoms with Crippen molar-refractivity contribution in [3.63, 3.8) is 0 Å². The number of ether oxygens (including phenoxy) is 1. The molecule has 1 N–H and O–H groups in total. The molecule has 2 aliphatic heterocycles. The molecule has 1 amide bonds. The number of phenols is 1. The Balaban J connectivity index is 1.46. The van der Waals surface area contributed by atoms with Gasteiger partial charge in [0.2, 0.25) is 5.91 Å². The first kappa shape index (κ1) is 19.0. The molecule has 2 fully saturated rings. The standard InChI is InChI=1S/C21H28N4O3/c1-2-23-8-7-22-20(23)13-24-10-17-11-25(12-18(24)15-28-14-17)21(27)9-16-3-5-19(26)6-4-16/h3-8,17-18,26H,2,9-15H2,1H3/t17-,18+/m1/s1. The Labute approximate surface area is 165 Å². The smallest absolute Gasteiger partial charge is 0.227 e. The van der Waals surface area contributed by atoms with Crippen LogP contribution in [-0.4, -0.2) is 69.3 Å². The van der Waals surface area contributed by atoms with E-state index in [9.17, 15) is 9.90 Å². The molecule has 1 aromatic carbocycles. The summed E-state index contributed by atoms with van der Waals surface area (Å²) in [5, 5.41) is 9.44. The van der Waals surface area contributed by atoms with E-state index in [4.69, 9.17) is 4.74 Å². The molecule has 2 atom stereocenters. The van der Waals surface area contributed by atoms with Gasteiger partial charge in [-0.1, -0.05) is 12.1 Å². The zero-order valence-corrected chi connectivity index (χ0v) is 16.3. The first-order chi connectivity index (χ1) is 13.6. The van der Waals surface area contributed by atoms with Gasteiger partial charge in [0.05, 0.1) is 32.2 Å². The summed E-state index contributed by atoms with van der Waals surface area (Å²) in [6.07, 6.45) is 4.23. The van der Waals surface area contributed by atoms with Crippen LogP contribution in [0, 0.1) is 5.92 Å². The number of hydrogen-bond acceptors (Lipinski definition) is 5. The summed E-state index contributed by atoms with van der Waals surface area (Å²) in [7, 11) is 0. The fraction of sp³-hybridized carbons (Fsp3) is 0.524. The fourth-order valence-electron chi connectivity index (χ4n) is 4.19. The summed E-state index contributed by atoms with van der Waals surface area (Å²) < 4.78 is 8.06. The second kappa shape index (κ2) is 8.32. The normalized spacial score (nSPS) is 22.8. The van der Waals surface area contributed by atoms with Crippen molar-refractivity contribution in [2.75, 3.05) is 32.8 Å². The third kappa shape index (κ3) is 4.20. The van der Waals surface area contributed by atoms with E-state index >= 15 is 0 Å². The van der Waals surface area contributed by atoms with Crippen molar-refractivity contribution >= 4 is 5.91 Å². The number of amides is 1. The van der Waals surface area contributed by atoms with Gasteiger partial charge in [0.1, 0.15) is 11.6 Å². The molecule has 150 valence electrons. The summed E-state index contributed by atoms with van der Waals surface area (Å²) in [5.74, 6) is 1.73. The number of aromatic hydroxyl groups is 1. The Bertz CT molecular complexity index is 804. The number of hydrogen-bond donors (Lipinski definition) is 1. The molecule has 2 saturated heterocycles. The van der Waals surface area contributed by atoms with E-state index in [1.165, 1.54) is 0 Å². The van der Waals surface area contributed by atoms with Crippen LogP contribution < -0.4 is 0 Å². The predicted octanol–water partition coefficient (Wildman–Crippen LogP) is 1.51. The van der Waals surface area contributed by atoms with E-state index in [0.717, 1.165) is 37.6 Å². The van der Waals surface area contributed by atoms with E-state index in [1.807, 2.05) is 29.4 Å². The van der Waals surface area contributed by atoms with Gasteiger partial charge in [-0.3, -0.25) is 9.69 Å². The molecule has 7 nitrogen and oxygen atoms in total. The summed E-state index contributed by atoms with van der Waals surface area (Å²) in [6, 6.07) is 7.06. The maximum absolute atomic E-state index is 12.9. The zero-order chi connectivity index (χ0) is 19.5. The number of rotatable bonds is 5. The molecule has 0 unspecified atom stereocenters. The van der Waals surface area contributed by atoms with E-state index in [0.29, 0.717) is 32.1 Å². The van der Waals surface area contributed by atoms with Gasteiger partial charge in [0.25, 0.3) is 0 Å². The lowest BCUT2D eigenvalue weighted by Crippen LogP contribution is -2.46. The van der Waals surface area contributed by atoms with Crippen LogP contribution in [0.5, 0.6) is 5.75 Å². The second-order valence-electron chi connectivity index (χ2n) is 7.76. The highest BCUT2D eigenvalue weighted by atomic mass is 16.5. The minimum absolute atomic E-state index is 0.138. The predicted molar refractivity (Wildman–Crippen MR) is 105 cm³/mol. The Hall–Kier alpha value is -2.38. The van der Waals surface area contributed by atoms with E-state index in [-0.39, 0.29) is 17.7 Å². The lowest BCUT2D eigenvalue weighted by atomic mass is 10.1. The Morgan fingerprint density at radius 3 is 2.82 bits per heavy atom. The topological polar surface area (TPSA) is 70.8 Å². The van der Waals surface area contributed by atoms with Gasteiger partial charge in [-0.2, -0.15) is 0 Å². The number of phenolic OH excluding ortho intramolecular Hbond substituents is 1. The quantitative estimate of drug-likeness (QED) is 0.846. The molecule has 2 aromatic rings. The number of benzene rings is 1. The lowest BCUT2D eigenvalue weighted by molar-refractivity contribution is -0.132.